The van der Waals surface area contributed by atoms with E-state index < -0.39 is 0 Å². The largest absolute Gasteiger partial charge is 0.297 e. The summed E-state index contributed by atoms with van der Waals surface area (Å²) >= 11 is 1.50. The molecule has 17 heavy (non-hydrogen) atoms. The topological polar surface area (TPSA) is 17.1 Å². The lowest BCUT2D eigenvalue weighted by molar-refractivity contribution is 0.112. The molecule has 0 unspecified atom stereocenters. The smallest absolute Gasteiger partial charge is 0.160 e. The molecule has 0 saturated heterocycles. The van der Waals surface area contributed by atoms with E-state index in [1.807, 2.05) is 25.3 Å². The molecule has 1 heterocycles. The van der Waals surface area contributed by atoms with Crippen LogP contribution >= 0.6 is 11.3 Å². The monoisotopic (exact) mass is 246 g/mol. The summed E-state index contributed by atoms with van der Waals surface area (Å²) in [5, 5.41) is 2.05. The van der Waals surface area contributed by atoms with Crippen LogP contribution in [0.5, 0.6) is 0 Å². The summed E-state index contributed by atoms with van der Waals surface area (Å²) in [4.78, 5) is 11.3. The Morgan fingerprint density at radius 2 is 1.76 bits per heavy atom. The van der Waals surface area contributed by atoms with Crippen LogP contribution in [0, 0.1) is 6.92 Å². The molecule has 2 aromatic rings. The van der Waals surface area contributed by atoms with E-state index in [-0.39, 0.29) is 0 Å². The van der Waals surface area contributed by atoms with Gasteiger partial charge in [0.15, 0.2) is 6.29 Å². The molecule has 1 nitrogen and oxygen atoms in total. The fraction of sp³-hybridized carbons (Fsp3) is 0.267. The molecular formula is C15H18OS. The lowest BCUT2D eigenvalue weighted by atomic mass is 10.1. The molecule has 2 heteroatoms. The first kappa shape index (κ1) is 13.7. The number of hydrogen-bond donors (Lipinski definition) is 0. The van der Waals surface area contributed by atoms with Gasteiger partial charge < -0.3 is 0 Å². The van der Waals surface area contributed by atoms with Crippen LogP contribution in [-0.4, -0.2) is 6.29 Å². The van der Waals surface area contributed by atoms with E-state index in [9.17, 15) is 4.79 Å². The van der Waals surface area contributed by atoms with Gasteiger partial charge in [-0.15, -0.1) is 11.3 Å². The Morgan fingerprint density at radius 1 is 1.12 bits per heavy atom. The highest BCUT2D eigenvalue weighted by atomic mass is 32.1. The molecule has 0 fully saturated rings. The van der Waals surface area contributed by atoms with Gasteiger partial charge in [0.05, 0.1) is 4.88 Å². The van der Waals surface area contributed by atoms with E-state index in [0.29, 0.717) is 0 Å². The molecule has 0 saturated carbocycles. The number of carbonyl (C=O) groups excluding carboxylic acids is 1. The highest BCUT2D eigenvalue weighted by Crippen LogP contribution is 2.16. The average Bonchev–Trinajstić information content (AvgIpc) is 2.82. The summed E-state index contributed by atoms with van der Waals surface area (Å²) in [6.45, 7) is 6.08. The van der Waals surface area contributed by atoms with Gasteiger partial charge in [-0.1, -0.05) is 43.7 Å². The van der Waals surface area contributed by atoms with Crippen molar-refractivity contribution < 1.29 is 4.79 Å². The maximum absolute atomic E-state index is 10.5. The molecule has 0 aliphatic carbocycles. The molecular weight excluding hydrogens is 228 g/mol. The summed E-state index contributed by atoms with van der Waals surface area (Å²) < 4.78 is 0. The second-order valence-corrected chi connectivity index (χ2v) is 4.58. The Hall–Kier alpha value is -1.41. The molecule has 90 valence electrons. The third kappa shape index (κ3) is 4.16. The average molecular weight is 246 g/mol. The van der Waals surface area contributed by atoms with E-state index in [1.165, 1.54) is 28.0 Å². The van der Waals surface area contributed by atoms with Gasteiger partial charge in [-0.05, 0) is 35.9 Å². The highest BCUT2D eigenvalue weighted by molar-refractivity contribution is 7.11. The van der Waals surface area contributed by atoms with E-state index in [4.69, 9.17) is 0 Å². The highest BCUT2D eigenvalue weighted by Gasteiger charge is 2.00. The molecule has 0 atom stereocenters. The summed E-state index contributed by atoms with van der Waals surface area (Å²) in [5.41, 5.74) is 3.78. The van der Waals surface area contributed by atoms with Gasteiger partial charge in [0.2, 0.25) is 0 Å². The third-order valence-corrected chi connectivity index (χ3v) is 3.23. The molecule has 0 radical (unpaired) electrons. The fourth-order valence-electron chi connectivity index (χ4n) is 1.49. The molecule has 0 aliphatic heterocycles. The minimum atomic E-state index is 0.803. The summed E-state index contributed by atoms with van der Waals surface area (Å²) in [7, 11) is 0. The maximum atomic E-state index is 10.5. The summed E-state index contributed by atoms with van der Waals surface area (Å²) in [6.07, 6.45) is 1.81. The number of aldehydes is 1. The summed E-state index contributed by atoms with van der Waals surface area (Å²) in [6, 6.07) is 10.4. The van der Waals surface area contributed by atoms with Gasteiger partial charge >= 0.3 is 0 Å². The zero-order valence-corrected chi connectivity index (χ0v) is 11.4. The predicted octanol–water partition coefficient (Wildman–Crippen LogP) is 4.49. The van der Waals surface area contributed by atoms with Crippen molar-refractivity contribution in [3.8, 4) is 0 Å². The van der Waals surface area contributed by atoms with Crippen molar-refractivity contribution >= 4 is 17.6 Å². The first-order valence-corrected chi connectivity index (χ1v) is 6.74. The van der Waals surface area contributed by atoms with Gasteiger partial charge in [-0.2, -0.15) is 0 Å². The van der Waals surface area contributed by atoms with Crippen LogP contribution in [0.15, 0.2) is 35.7 Å². The minimum Gasteiger partial charge on any atom is -0.297 e. The number of hydrogen-bond acceptors (Lipinski definition) is 2. The number of thiophene rings is 1. The van der Waals surface area contributed by atoms with Crippen LogP contribution in [0.4, 0.5) is 0 Å². The van der Waals surface area contributed by atoms with Gasteiger partial charge in [0.25, 0.3) is 0 Å². The van der Waals surface area contributed by atoms with Crippen molar-refractivity contribution in [2.24, 2.45) is 0 Å². The zero-order valence-electron chi connectivity index (χ0n) is 10.6. The van der Waals surface area contributed by atoms with Gasteiger partial charge in [0, 0.05) is 0 Å². The quantitative estimate of drug-likeness (QED) is 0.729. The Morgan fingerprint density at radius 3 is 2.29 bits per heavy atom. The lowest BCUT2D eigenvalue weighted by Crippen LogP contribution is -1.85. The SMILES string of the molecule is CC.Cc1ccc(Cc2csc(C=O)c2)cc1. The number of rotatable bonds is 3. The second-order valence-electron chi connectivity index (χ2n) is 3.64. The van der Waals surface area contributed by atoms with Crippen molar-refractivity contribution in [3.63, 3.8) is 0 Å². The zero-order chi connectivity index (χ0) is 12.7. The second kappa shape index (κ2) is 7.02. The van der Waals surface area contributed by atoms with E-state index in [2.05, 4.69) is 31.2 Å². The van der Waals surface area contributed by atoms with Crippen LogP contribution in [-0.2, 0) is 6.42 Å². The van der Waals surface area contributed by atoms with Crippen molar-refractivity contribution in [1.29, 1.82) is 0 Å². The van der Waals surface area contributed by atoms with Gasteiger partial charge in [0.1, 0.15) is 0 Å². The third-order valence-electron chi connectivity index (χ3n) is 2.32. The van der Waals surface area contributed by atoms with Gasteiger partial charge in [-0.25, -0.2) is 0 Å². The first-order chi connectivity index (χ1) is 8.28. The van der Waals surface area contributed by atoms with Crippen molar-refractivity contribution in [2.75, 3.05) is 0 Å². The Labute approximate surface area is 107 Å². The lowest BCUT2D eigenvalue weighted by Gasteiger charge is -1.99. The van der Waals surface area contributed by atoms with Crippen molar-refractivity contribution in [1.82, 2.24) is 0 Å². The van der Waals surface area contributed by atoms with E-state index in [1.54, 1.807) is 0 Å². The molecule has 0 amide bonds. The normalized spacial score (nSPS) is 9.35. The Balaban J connectivity index is 0.000000686. The van der Waals surface area contributed by atoms with Crippen LogP contribution in [0.25, 0.3) is 0 Å². The summed E-state index contributed by atoms with van der Waals surface area (Å²) in [5.74, 6) is 0. The van der Waals surface area contributed by atoms with Crippen LogP contribution in [0.3, 0.4) is 0 Å². The van der Waals surface area contributed by atoms with Gasteiger partial charge in [-0.3, -0.25) is 4.79 Å². The predicted molar refractivity (Wildman–Crippen MR) is 75.0 cm³/mol. The number of aryl methyl sites for hydroxylation is 1. The van der Waals surface area contributed by atoms with Crippen molar-refractivity contribution in [2.45, 2.75) is 27.2 Å². The molecule has 2 rings (SSSR count). The molecule has 0 spiro atoms. The Kier molecular flexibility index (Phi) is 5.64. The number of benzene rings is 1. The van der Waals surface area contributed by atoms with Crippen molar-refractivity contribution in [3.05, 3.63) is 57.3 Å². The van der Waals surface area contributed by atoms with Crippen LogP contribution in [0.1, 0.15) is 40.2 Å². The standard InChI is InChI=1S/C13H12OS.C2H6/c1-10-2-4-11(5-3-10)6-12-7-13(8-14)15-9-12;1-2/h2-5,7-9H,6H2,1H3;1-2H3. The maximum Gasteiger partial charge on any atom is 0.160 e. The Bertz CT molecular complexity index is 454. The fourth-order valence-corrected chi connectivity index (χ4v) is 2.20. The minimum absolute atomic E-state index is 0.803. The van der Waals surface area contributed by atoms with E-state index in [0.717, 1.165) is 17.6 Å². The molecule has 0 N–H and O–H groups in total. The van der Waals surface area contributed by atoms with Crippen LogP contribution < -0.4 is 0 Å². The molecule has 0 bridgehead atoms. The first-order valence-electron chi connectivity index (χ1n) is 5.86. The molecule has 0 aliphatic rings. The molecule has 1 aromatic carbocycles. The van der Waals surface area contributed by atoms with Crippen LogP contribution in [0.2, 0.25) is 0 Å². The van der Waals surface area contributed by atoms with E-state index >= 15 is 0 Å². The molecule has 1 aromatic heterocycles. The number of carbonyl (C=O) groups is 1.